The second-order valence-electron chi connectivity index (χ2n) is 8.39. The predicted molar refractivity (Wildman–Crippen MR) is 107 cm³/mol. The van der Waals surface area contributed by atoms with Crippen molar-refractivity contribution >= 4 is 30.3 Å². The van der Waals surface area contributed by atoms with Crippen molar-refractivity contribution < 1.29 is 14.4 Å². The molecule has 0 aliphatic carbocycles. The highest BCUT2D eigenvalue weighted by Crippen LogP contribution is 2.15. The fourth-order valence-corrected chi connectivity index (χ4v) is 3.48. The van der Waals surface area contributed by atoms with Crippen molar-refractivity contribution in [2.24, 2.45) is 5.92 Å². The van der Waals surface area contributed by atoms with E-state index in [4.69, 9.17) is 0 Å². The van der Waals surface area contributed by atoms with Gasteiger partial charge in [0, 0.05) is 18.6 Å². The Morgan fingerprint density at radius 3 is 2.52 bits per heavy atom. The van der Waals surface area contributed by atoms with E-state index < -0.39 is 6.03 Å². The van der Waals surface area contributed by atoms with Gasteiger partial charge in [-0.3, -0.25) is 19.8 Å². The Morgan fingerprint density at radius 1 is 1.15 bits per heavy atom. The van der Waals surface area contributed by atoms with Gasteiger partial charge in [-0.1, -0.05) is 0 Å². The van der Waals surface area contributed by atoms with Gasteiger partial charge in [-0.15, -0.1) is 12.4 Å². The zero-order chi connectivity index (χ0) is 19.2. The SMILES string of the molecule is CC(C)(C)NC(=O)NC(=O)CN1CCCC(CNC(=O)C2CCCN2)C1.Cl. The minimum Gasteiger partial charge on any atom is -0.354 e. The second kappa shape index (κ2) is 10.8. The van der Waals surface area contributed by atoms with E-state index in [1.165, 1.54) is 0 Å². The molecule has 2 unspecified atom stereocenters. The Kier molecular flexibility index (Phi) is 9.49. The number of halogens is 1. The monoisotopic (exact) mass is 403 g/mol. The molecule has 2 atom stereocenters. The lowest BCUT2D eigenvalue weighted by Crippen LogP contribution is -2.51. The maximum absolute atomic E-state index is 12.1. The summed E-state index contributed by atoms with van der Waals surface area (Å²) >= 11 is 0. The van der Waals surface area contributed by atoms with Gasteiger partial charge in [0.05, 0.1) is 12.6 Å². The van der Waals surface area contributed by atoms with Crippen LogP contribution in [0.5, 0.6) is 0 Å². The fourth-order valence-electron chi connectivity index (χ4n) is 3.48. The predicted octanol–water partition coefficient (Wildman–Crippen LogP) is 0.613. The first-order valence-electron chi connectivity index (χ1n) is 9.58. The summed E-state index contributed by atoms with van der Waals surface area (Å²) in [6, 6.07) is -0.519. The van der Waals surface area contributed by atoms with Crippen molar-refractivity contribution in [3.05, 3.63) is 0 Å². The van der Waals surface area contributed by atoms with E-state index in [9.17, 15) is 14.4 Å². The quantitative estimate of drug-likeness (QED) is 0.538. The molecule has 4 N–H and O–H groups in total. The van der Waals surface area contributed by atoms with Gasteiger partial charge in [0.1, 0.15) is 0 Å². The Morgan fingerprint density at radius 2 is 1.89 bits per heavy atom. The third-order valence-electron chi connectivity index (χ3n) is 4.65. The molecule has 2 fully saturated rings. The lowest BCUT2D eigenvalue weighted by molar-refractivity contribution is -0.124. The van der Waals surface area contributed by atoms with Crippen LogP contribution in [0.1, 0.15) is 46.5 Å². The molecule has 8 nitrogen and oxygen atoms in total. The van der Waals surface area contributed by atoms with Crippen molar-refractivity contribution in [2.45, 2.75) is 58.0 Å². The minimum atomic E-state index is -0.465. The topological polar surface area (TPSA) is 103 Å². The first kappa shape index (κ1) is 23.7. The van der Waals surface area contributed by atoms with Crippen LogP contribution < -0.4 is 21.3 Å². The highest BCUT2D eigenvalue weighted by molar-refractivity contribution is 5.95. The Labute approximate surface area is 168 Å². The van der Waals surface area contributed by atoms with E-state index >= 15 is 0 Å². The molecule has 0 aromatic carbocycles. The second-order valence-corrected chi connectivity index (χ2v) is 8.39. The molecule has 0 aromatic heterocycles. The van der Waals surface area contributed by atoms with E-state index in [0.717, 1.165) is 45.3 Å². The third-order valence-corrected chi connectivity index (χ3v) is 4.65. The molecule has 0 aromatic rings. The number of likely N-dealkylation sites (tertiary alicyclic amines) is 1. The molecule has 156 valence electrons. The zero-order valence-corrected chi connectivity index (χ0v) is 17.4. The van der Waals surface area contributed by atoms with Crippen molar-refractivity contribution in [2.75, 3.05) is 32.7 Å². The summed E-state index contributed by atoms with van der Waals surface area (Å²) < 4.78 is 0. The molecule has 2 heterocycles. The van der Waals surface area contributed by atoms with Crippen LogP contribution in [0.25, 0.3) is 0 Å². The summed E-state index contributed by atoms with van der Waals surface area (Å²) in [5.74, 6) is 0.119. The van der Waals surface area contributed by atoms with Gasteiger partial charge in [-0.2, -0.15) is 0 Å². The van der Waals surface area contributed by atoms with Gasteiger partial charge >= 0.3 is 6.03 Å². The number of piperidine rings is 1. The van der Waals surface area contributed by atoms with Gasteiger partial charge < -0.3 is 16.0 Å². The molecule has 0 saturated carbocycles. The molecule has 2 saturated heterocycles. The van der Waals surface area contributed by atoms with E-state index in [2.05, 4.69) is 21.3 Å². The number of amides is 4. The first-order chi connectivity index (χ1) is 12.2. The highest BCUT2D eigenvalue weighted by atomic mass is 35.5. The van der Waals surface area contributed by atoms with E-state index in [1.807, 2.05) is 25.7 Å². The number of nitrogens with zero attached hydrogens (tertiary/aromatic N) is 1. The molecule has 27 heavy (non-hydrogen) atoms. The molecule has 2 rings (SSSR count). The first-order valence-corrected chi connectivity index (χ1v) is 9.58. The number of rotatable bonds is 5. The molecule has 2 aliphatic heterocycles. The maximum atomic E-state index is 12.1. The molecular weight excluding hydrogens is 370 g/mol. The van der Waals surface area contributed by atoms with Crippen LogP contribution in [0.3, 0.4) is 0 Å². The number of carbonyl (C=O) groups is 3. The molecule has 0 bridgehead atoms. The maximum Gasteiger partial charge on any atom is 0.321 e. The fraction of sp³-hybridized carbons (Fsp3) is 0.833. The van der Waals surface area contributed by atoms with Crippen LogP contribution in [0.4, 0.5) is 4.79 Å². The normalized spacial score (nSPS) is 23.2. The molecular formula is C18H34ClN5O3. The Hall–Kier alpha value is -1.38. The largest absolute Gasteiger partial charge is 0.354 e. The average Bonchev–Trinajstić information content (AvgIpc) is 3.05. The summed E-state index contributed by atoms with van der Waals surface area (Å²) in [4.78, 5) is 38.0. The summed E-state index contributed by atoms with van der Waals surface area (Å²) in [5.41, 5.74) is -0.382. The van der Waals surface area contributed by atoms with Crippen LogP contribution in [0.15, 0.2) is 0 Å². The molecule has 2 aliphatic rings. The van der Waals surface area contributed by atoms with Gasteiger partial charge in [0.15, 0.2) is 0 Å². The summed E-state index contributed by atoms with van der Waals surface area (Å²) in [6.07, 6.45) is 3.98. The van der Waals surface area contributed by atoms with Crippen LogP contribution in [-0.2, 0) is 9.59 Å². The Balaban J connectivity index is 0.00000364. The Bertz CT molecular complexity index is 518. The smallest absolute Gasteiger partial charge is 0.321 e. The van der Waals surface area contributed by atoms with E-state index in [1.54, 1.807) is 0 Å². The molecule has 4 amide bonds. The summed E-state index contributed by atoms with van der Waals surface area (Å²) in [7, 11) is 0. The number of hydrogen-bond donors (Lipinski definition) is 4. The van der Waals surface area contributed by atoms with Crippen LogP contribution in [-0.4, -0.2) is 67.0 Å². The van der Waals surface area contributed by atoms with Crippen molar-refractivity contribution in [3.8, 4) is 0 Å². The van der Waals surface area contributed by atoms with Gasteiger partial charge in [-0.25, -0.2) is 4.79 Å². The number of imide groups is 1. The molecule has 0 radical (unpaired) electrons. The van der Waals surface area contributed by atoms with Gasteiger partial charge in [0.2, 0.25) is 11.8 Å². The highest BCUT2D eigenvalue weighted by Gasteiger charge is 2.25. The summed E-state index contributed by atoms with van der Waals surface area (Å²) in [5, 5.41) is 11.3. The summed E-state index contributed by atoms with van der Waals surface area (Å²) in [6.45, 7) is 8.93. The molecule has 9 heteroatoms. The standard InChI is InChI=1S/C18H33N5O3.ClH/c1-18(2,3)22-17(26)21-15(24)12-23-9-5-6-13(11-23)10-20-16(25)14-7-4-8-19-14;/h13-14,19H,4-12H2,1-3H3,(H,20,25)(H2,21,22,24,26);1H. The van der Waals surface area contributed by atoms with Crippen LogP contribution >= 0.6 is 12.4 Å². The minimum absolute atomic E-state index is 0. The lowest BCUT2D eigenvalue weighted by Gasteiger charge is -2.32. The number of nitrogens with one attached hydrogen (secondary N) is 4. The van der Waals surface area contributed by atoms with E-state index in [-0.39, 0.29) is 42.3 Å². The van der Waals surface area contributed by atoms with Gasteiger partial charge in [-0.05, 0) is 65.5 Å². The zero-order valence-electron chi connectivity index (χ0n) is 16.6. The average molecular weight is 404 g/mol. The number of hydrogen-bond acceptors (Lipinski definition) is 5. The molecule has 0 spiro atoms. The van der Waals surface area contributed by atoms with E-state index in [0.29, 0.717) is 12.5 Å². The van der Waals surface area contributed by atoms with Crippen LogP contribution in [0, 0.1) is 5.92 Å². The van der Waals surface area contributed by atoms with Crippen molar-refractivity contribution in [1.29, 1.82) is 0 Å². The number of urea groups is 1. The third kappa shape index (κ3) is 8.90. The number of carbonyl (C=O) groups excluding carboxylic acids is 3. The van der Waals surface area contributed by atoms with Crippen LogP contribution in [0.2, 0.25) is 0 Å². The lowest BCUT2D eigenvalue weighted by atomic mass is 9.98. The van der Waals surface area contributed by atoms with Gasteiger partial charge in [0.25, 0.3) is 0 Å². The van der Waals surface area contributed by atoms with Crippen molar-refractivity contribution in [1.82, 2.24) is 26.2 Å². The van der Waals surface area contributed by atoms with Crippen molar-refractivity contribution in [3.63, 3.8) is 0 Å².